The van der Waals surface area contributed by atoms with E-state index in [9.17, 15) is 9.59 Å². The first-order valence-corrected chi connectivity index (χ1v) is 9.69. The summed E-state index contributed by atoms with van der Waals surface area (Å²) in [5, 5.41) is 0. The number of rotatable bonds is 1. The van der Waals surface area contributed by atoms with Gasteiger partial charge in [0.1, 0.15) is 11.4 Å². The van der Waals surface area contributed by atoms with Crippen molar-refractivity contribution >= 4 is 11.7 Å². The lowest BCUT2D eigenvalue weighted by Crippen LogP contribution is -2.46. The predicted octanol–water partition coefficient (Wildman–Crippen LogP) is 3.31. The SMILES string of the molecule is C[C@@H]1CCCN(C(=O)[C@@H]2[C@@H]3CC[C@]4(CC(=O)c5ccccc5O4)[C@@H]32)C1. The van der Waals surface area contributed by atoms with Crippen LogP contribution in [-0.2, 0) is 4.79 Å². The van der Waals surface area contributed by atoms with Crippen LogP contribution in [0.15, 0.2) is 24.3 Å². The molecule has 132 valence electrons. The summed E-state index contributed by atoms with van der Waals surface area (Å²) in [5.74, 6) is 2.53. The van der Waals surface area contributed by atoms with Gasteiger partial charge in [-0.05, 0) is 49.7 Å². The third kappa shape index (κ3) is 2.26. The fraction of sp³-hybridized carbons (Fsp3) is 0.619. The number of piperidine rings is 1. The molecule has 25 heavy (non-hydrogen) atoms. The molecule has 4 heteroatoms. The summed E-state index contributed by atoms with van der Waals surface area (Å²) in [6.07, 6.45) is 4.69. The van der Waals surface area contributed by atoms with Crippen LogP contribution in [0, 0.1) is 23.7 Å². The third-order valence-corrected chi connectivity index (χ3v) is 6.89. The van der Waals surface area contributed by atoms with Crippen LogP contribution in [0.2, 0.25) is 0 Å². The largest absolute Gasteiger partial charge is 0.486 e. The normalized spacial score (nSPS) is 38.9. The maximum atomic E-state index is 13.1. The zero-order chi connectivity index (χ0) is 17.2. The Bertz CT molecular complexity index is 744. The number of ketones is 1. The molecule has 2 saturated carbocycles. The van der Waals surface area contributed by atoms with Gasteiger partial charge in [0.25, 0.3) is 0 Å². The van der Waals surface area contributed by atoms with Crippen molar-refractivity contribution in [2.24, 2.45) is 23.7 Å². The van der Waals surface area contributed by atoms with E-state index in [2.05, 4.69) is 11.8 Å². The Labute approximate surface area is 148 Å². The highest BCUT2D eigenvalue weighted by atomic mass is 16.5. The number of hydrogen-bond donors (Lipinski definition) is 0. The monoisotopic (exact) mass is 339 g/mol. The number of amides is 1. The lowest BCUT2D eigenvalue weighted by Gasteiger charge is -2.38. The highest BCUT2D eigenvalue weighted by molar-refractivity contribution is 6.00. The van der Waals surface area contributed by atoms with Crippen molar-refractivity contribution in [1.82, 2.24) is 4.90 Å². The lowest BCUT2D eigenvalue weighted by atomic mass is 9.84. The summed E-state index contributed by atoms with van der Waals surface area (Å²) in [5.41, 5.74) is 0.266. The molecule has 0 unspecified atom stereocenters. The Hall–Kier alpha value is -1.84. The molecule has 2 aliphatic carbocycles. The Kier molecular flexibility index (Phi) is 3.28. The van der Waals surface area contributed by atoms with E-state index in [0.717, 1.165) is 32.4 Å². The van der Waals surface area contributed by atoms with Gasteiger partial charge < -0.3 is 9.64 Å². The zero-order valence-corrected chi connectivity index (χ0v) is 14.7. The minimum absolute atomic E-state index is 0.0807. The number of Topliss-reactive ketones (excluding diaryl/α,β-unsaturated/α-hetero) is 1. The fourth-order valence-electron chi connectivity index (χ4n) is 5.70. The van der Waals surface area contributed by atoms with E-state index in [4.69, 9.17) is 4.74 Å². The lowest BCUT2D eigenvalue weighted by molar-refractivity contribution is -0.136. The fourth-order valence-corrected chi connectivity index (χ4v) is 5.70. The smallest absolute Gasteiger partial charge is 0.226 e. The standard InChI is InChI=1S/C21H25NO3/c1-13-5-4-10-22(12-13)20(24)18-15-8-9-21(19(15)18)11-16(23)14-6-2-3-7-17(14)25-21/h2-3,6-7,13,15,18-19H,4-5,8-12H2,1H3/t13-,15+,18-,19+,21+/m1/s1. The predicted molar refractivity (Wildman–Crippen MR) is 93.4 cm³/mol. The molecular formula is C21H25NO3. The van der Waals surface area contributed by atoms with Gasteiger partial charge in [-0.2, -0.15) is 0 Å². The van der Waals surface area contributed by atoms with Crippen molar-refractivity contribution in [3.63, 3.8) is 0 Å². The Morgan fingerprint density at radius 1 is 1.28 bits per heavy atom. The highest BCUT2D eigenvalue weighted by Gasteiger charge is 2.71. The van der Waals surface area contributed by atoms with E-state index < -0.39 is 5.60 Å². The van der Waals surface area contributed by atoms with Gasteiger partial charge in [0.15, 0.2) is 5.78 Å². The van der Waals surface area contributed by atoms with Crippen LogP contribution < -0.4 is 4.74 Å². The molecule has 1 saturated heterocycles. The first-order chi connectivity index (χ1) is 12.1. The zero-order valence-electron chi connectivity index (χ0n) is 14.7. The van der Waals surface area contributed by atoms with Gasteiger partial charge in [-0.1, -0.05) is 19.1 Å². The molecule has 5 atom stereocenters. The van der Waals surface area contributed by atoms with Crippen molar-refractivity contribution in [3.05, 3.63) is 29.8 Å². The summed E-state index contributed by atoms with van der Waals surface area (Å²) in [7, 11) is 0. The Balaban J connectivity index is 1.38. The number of ether oxygens (including phenoxy) is 1. The summed E-state index contributed by atoms with van der Waals surface area (Å²) >= 11 is 0. The average molecular weight is 339 g/mol. The Morgan fingerprint density at radius 3 is 2.96 bits per heavy atom. The third-order valence-electron chi connectivity index (χ3n) is 6.89. The van der Waals surface area contributed by atoms with Crippen molar-refractivity contribution in [3.8, 4) is 5.75 Å². The van der Waals surface area contributed by atoms with Crippen LogP contribution in [0.3, 0.4) is 0 Å². The number of likely N-dealkylation sites (tertiary alicyclic amines) is 1. The van der Waals surface area contributed by atoms with Crippen LogP contribution >= 0.6 is 0 Å². The van der Waals surface area contributed by atoms with Gasteiger partial charge in [-0.25, -0.2) is 0 Å². The van der Waals surface area contributed by atoms with Crippen LogP contribution in [0.1, 0.15) is 49.4 Å². The van der Waals surface area contributed by atoms with Gasteiger partial charge in [-0.3, -0.25) is 9.59 Å². The van der Waals surface area contributed by atoms with E-state index in [1.54, 1.807) is 0 Å². The number of hydrogen-bond acceptors (Lipinski definition) is 3. The molecule has 0 aromatic heterocycles. The van der Waals surface area contributed by atoms with E-state index in [1.165, 1.54) is 6.42 Å². The van der Waals surface area contributed by atoms with Gasteiger partial charge in [0.2, 0.25) is 5.91 Å². The molecule has 3 fully saturated rings. The molecule has 0 radical (unpaired) electrons. The van der Waals surface area contributed by atoms with Crippen molar-refractivity contribution in [2.45, 2.75) is 44.6 Å². The molecule has 5 rings (SSSR count). The second-order valence-corrected chi connectivity index (χ2v) is 8.55. The number of nitrogens with zero attached hydrogens (tertiary/aromatic N) is 1. The second kappa shape index (κ2) is 5.33. The van der Waals surface area contributed by atoms with E-state index >= 15 is 0 Å². The van der Waals surface area contributed by atoms with E-state index in [0.29, 0.717) is 35.5 Å². The summed E-state index contributed by atoms with van der Waals surface area (Å²) in [6, 6.07) is 7.55. The van der Waals surface area contributed by atoms with Crippen LogP contribution in [0.25, 0.3) is 0 Å². The molecule has 1 amide bonds. The van der Waals surface area contributed by atoms with Gasteiger partial charge in [0, 0.05) is 24.9 Å². The van der Waals surface area contributed by atoms with Crippen LogP contribution in [-0.4, -0.2) is 35.3 Å². The molecule has 1 aromatic rings. The van der Waals surface area contributed by atoms with E-state index in [-0.39, 0.29) is 17.6 Å². The molecule has 4 aliphatic rings. The maximum Gasteiger partial charge on any atom is 0.226 e. The van der Waals surface area contributed by atoms with Gasteiger partial charge in [-0.15, -0.1) is 0 Å². The van der Waals surface area contributed by atoms with Gasteiger partial charge >= 0.3 is 0 Å². The highest BCUT2D eigenvalue weighted by Crippen LogP contribution is 2.66. The van der Waals surface area contributed by atoms with Crippen LogP contribution in [0.5, 0.6) is 5.75 Å². The van der Waals surface area contributed by atoms with Gasteiger partial charge in [0.05, 0.1) is 12.0 Å². The number of carbonyl (C=O) groups is 2. The topological polar surface area (TPSA) is 46.6 Å². The Morgan fingerprint density at radius 2 is 2.12 bits per heavy atom. The first kappa shape index (κ1) is 15.4. The minimum Gasteiger partial charge on any atom is -0.486 e. The van der Waals surface area contributed by atoms with E-state index in [1.807, 2.05) is 24.3 Å². The molecular weight excluding hydrogens is 314 g/mol. The summed E-state index contributed by atoms with van der Waals surface area (Å²) in [4.78, 5) is 27.8. The van der Waals surface area contributed by atoms with Crippen LogP contribution in [0.4, 0.5) is 0 Å². The molecule has 1 aromatic carbocycles. The average Bonchev–Trinajstić information content (AvgIpc) is 3.25. The molecule has 2 heterocycles. The molecule has 2 aliphatic heterocycles. The number of para-hydroxylation sites is 1. The molecule has 1 spiro atoms. The second-order valence-electron chi connectivity index (χ2n) is 8.55. The number of benzene rings is 1. The first-order valence-electron chi connectivity index (χ1n) is 9.69. The van der Waals surface area contributed by atoms with Crippen molar-refractivity contribution in [1.29, 1.82) is 0 Å². The number of fused-ring (bicyclic) bond motifs is 3. The summed E-state index contributed by atoms with van der Waals surface area (Å²) < 4.78 is 6.40. The quantitative estimate of drug-likeness (QED) is 0.789. The van der Waals surface area contributed by atoms with Crippen molar-refractivity contribution < 1.29 is 14.3 Å². The maximum absolute atomic E-state index is 13.1. The molecule has 4 nitrogen and oxygen atoms in total. The summed E-state index contributed by atoms with van der Waals surface area (Å²) in [6.45, 7) is 4.02. The molecule has 0 N–H and O–H groups in total. The number of carbonyl (C=O) groups excluding carboxylic acids is 2. The van der Waals surface area contributed by atoms with Crippen molar-refractivity contribution in [2.75, 3.05) is 13.1 Å². The minimum atomic E-state index is -0.433. The molecule has 0 bridgehead atoms.